The largest absolute Gasteiger partial charge is 0.359 e. The average Bonchev–Trinajstić information content (AvgIpc) is 3.08. The molecule has 1 atom stereocenters. The fraction of sp³-hybridized carbons (Fsp3) is 0.526. The highest BCUT2D eigenvalue weighted by Crippen LogP contribution is 2.22. The van der Waals surface area contributed by atoms with Crippen molar-refractivity contribution in [1.82, 2.24) is 20.8 Å². The molecule has 2 N–H and O–H groups in total. The Morgan fingerprint density at radius 2 is 2.00 bits per heavy atom. The third-order valence-electron chi connectivity index (χ3n) is 4.23. The molecule has 144 valence electrons. The number of guanidine groups is 1. The summed E-state index contributed by atoms with van der Waals surface area (Å²) in [4.78, 5) is 8.52. The summed E-state index contributed by atoms with van der Waals surface area (Å²) < 4.78 is 5.35. The molecular weight excluding hydrogens is 441 g/mol. The molecule has 0 saturated carbocycles. The van der Waals surface area contributed by atoms with E-state index >= 15 is 0 Å². The van der Waals surface area contributed by atoms with Crippen molar-refractivity contribution in [3.8, 4) is 0 Å². The van der Waals surface area contributed by atoms with E-state index in [1.165, 1.54) is 5.56 Å². The molecule has 2 aromatic rings. The van der Waals surface area contributed by atoms with E-state index < -0.39 is 0 Å². The van der Waals surface area contributed by atoms with Crippen molar-refractivity contribution in [2.24, 2.45) is 10.9 Å². The number of halogens is 1. The molecule has 6 nitrogen and oxygen atoms in total. The normalized spacial score (nSPS) is 12.8. The van der Waals surface area contributed by atoms with Gasteiger partial charge in [0.05, 0.1) is 12.2 Å². The first-order valence-electron chi connectivity index (χ1n) is 8.81. The maximum atomic E-state index is 5.35. The molecule has 0 radical (unpaired) electrons. The van der Waals surface area contributed by atoms with Crippen molar-refractivity contribution in [1.29, 1.82) is 0 Å². The van der Waals surface area contributed by atoms with Crippen LogP contribution in [0.3, 0.4) is 0 Å². The second-order valence-electron chi connectivity index (χ2n) is 6.82. The van der Waals surface area contributed by atoms with Crippen LogP contribution in [0.4, 0.5) is 0 Å². The molecule has 2 rings (SSSR count). The van der Waals surface area contributed by atoms with Crippen molar-refractivity contribution < 1.29 is 4.52 Å². The number of nitrogens with one attached hydrogen (secondary N) is 2. The van der Waals surface area contributed by atoms with Gasteiger partial charge in [-0.1, -0.05) is 38.9 Å². The molecule has 0 bridgehead atoms. The molecule has 0 amide bonds. The van der Waals surface area contributed by atoms with Crippen LogP contribution in [0.15, 0.2) is 40.1 Å². The summed E-state index contributed by atoms with van der Waals surface area (Å²) in [6.45, 7) is 9.98. The standard InChI is InChI=1S/C19H29N5O.HI/c1-13(2)17(15-7-6-8-21-10-15)12-23-19(20-5)22-11-16-9-18(14(3)4)24-25-16;/h6-10,13-14,17H,11-12H2,1-5H3,(H2,20,22,23);1H. The minimum absolute atomic E-state index is 0. The van der Waals surface area contributed by atoms with Gasteiger partial charge in [0.15, 0.2) is 11.7 Å². The van der Waals surface area contributed by atoms with E-state index in [0.717, 1.165) is 24.0 Å². The summed E-state index contributed by atoms with van der Waals surface area (Å²) in [5, 5.41) is 10.7. The maximum Gasteiger partial charge on any atom is 0.191 e. The van der Waals surface area contributed by atoms with Crippen LogP contribution in [0, 0.1) is 5.92 Å². The zero-order valence-electron chi connectivity index (χ0n) is 16.2. The second-order valence-corrected chi connectivity index (χ2v) is 6.82. The first-order chi connectivity index (χ1) is 12.0. The topological polar surface area (TPSA) is 75.3 Å². The quantitative estimate of drug-likeness (QED) is 0.364. The Morgan fingerprint density at radius 1 is 1.23 bits per heavy atom. The highest BCUT2D eigenvalue weighted by molar-refractivity contribution is 14.0. The Bertz CT molecular complexity index is 670. The first kappa shape index (κ1) is 22.4. The SMILES string of the molecule is CN=C(NCc1cc(C(C)C)no1)NCC(c1cccnc1)C(C)C.I. The molecule has 7 heteroatoms. The zero-order valence-corrected chi connectivity index (χ0v) is 18.5. The number of rotatable bonds is 7. The molecule has 0 spiro atoms. The summed E-state index contributed by atoms with van der Waals surface area (Å²) in [6.07, 6.45) is 3.74. The summed E-state index contributed by atoms with van der Waals surface area (Å²) in [7, 11) is 1.77. The van der Waals surface area contributed by atoms with Crippen LogP contribution in [-0.2, 0) is 6.54 Å². The molecule has 2 heterocycles. The molecule has 0 saturated heterocycles. The van der Waals surface area contributed by atoms with E-state index in [9.17, 15) is 0 Å². The highest BCUT2D eigenvalue weighted by Gasteiger charge is 2.16. The third kappa shape index (κ3) is 6.59. The molecule has 0 aliphatic heterocycles. The Hall–Kier alpha value is -1.64. The second kappa shape index (κ2) is 11.2. The van der Waals surface area contributed by atoms with Gasteiger partial charge in [0.2, 0.25) is 0 Å². The highest BCUT2D eigenvalue weighted by atomic mass is 127. The van der Waals surface area contributed by atoms with Gasteiger partial charge in [0.1, 0.15) is 0 Å². The number of aliphatic imine (C=N–C) groups is 1. The Morgan fingerprint density at radius 3 is 2.54 bits per heavy atom. The van der Waals surface area contributed by atoms with Crippen LogP contribution in [0.1, 0.15) is 56.5 Å². The fourth-order valence-corrected chi connectivity index (χ4v) is 2.62. The van der Waals surface area contributed by atoms with Gasteiger partial charge in [-0.2, -0.15) is 0 Å². The van der Waals surface area contributed by atoms with Crippen molar-refractivity contribution in [3.05, 3.63) is 47.6 Å². The monoisotopic (exact) mass is 471 g/mol. The maximum absolute atomic E-state index is 5.35. The molecule has 0 aliphatic carbocycles. The van der Waals surface area contributed by atoms with Crippen molar-refractivity contribution in [2.45, 2.75) is 46.1 Å². The number of hydrogen-bond donors (Lipinski definition) is 2. The molecule has 26 heavy (non-hydrogen) atoms. The summed E-state index contributed by atoms with van der Waals surface area (Å²) in [5.41, 5.74) is 2.20. The number of pyridine rings is 1. The van der Waals surface area contributed by atoms with Gasteiger partial charge in [-0.05, 0) is 23.5 Å². The Kier molecular flexibility index (Phi) is 9.61. The molecule has 1 unspecified atom stereocenters. The smallest absolute Gasteiger partial charge is 0.191 e. The lowest BCUT2D eigenvalue weighted by molar-refractivity contribution is 0.371. The Labute approximate surface area is 173 Å². The van der Waals surface area contributed by atoms with Crippen LogP contribution in [0.5, 0.6) is 0 Å². The summed E-state index contributed by atoms with van der Waals surface area (Å²) in [6, 6.07) is 6.09. The lowest BCUT2D eigenvalue weighted by Crippen LogP contribution is -2.39. The average molecular weight is 471 g/mol. The minimum atomic E-state index is 0. The van der Waals surface area contributed by atoms with Crippen molar-refractivity contribution in [3.63, 3.8) is 0 Å². The fourth-order valence-electron chi connectivity index (χ4n) is 2.62. The molecule has 0 aromatic carbocycles. The molecule has 0 aliphatic rings. The molecule has 0 fully saturated rings. The van der Waals surface area contributed by atoms with Crippen LogP contribution in [-0.4, -0.2) is 29.7 Å². The number of nitrogens with zero attached hydrogens (tertiary/aromatic N) is 3. The molecule has 2 aromatic heterocycles. The zero-order chi connectivity index (χ0) is 18.2. The van der Waals surface area contributed by atoms with E-state index in [1.54, 1.807) is 13.2 Å². The lowest BCUT2D eigenvalue weighted by Gasteiger charge is -2.22. The van der Waals surface area contributed by atoms with Gasteiger partial charge >= 0.3 is 0 Å². The van der Waals surface area contributed by atoms with E-state index in [0.29, 0.717) is 24.3 Å². The lowest BCUT2D eigenvalue weighted by atomic mass is 9.89. The molecular formula is C19H30IN5O. The van der Waals surface area contributed by atoms with Gasteiger partial charge in [-0.3, -0.25) is 9.98 Å². The predicted octanol–water partition coefficient (Wildman–Crippen LogP) is 3.92. The van der Waals surface area contributed by atoms with Gasteiger partial charge in [0, 0.05) is 38.0 Å². The van der Waals surface area contributed by atoms with Gasteiger partial charge in [-0.25, -0.2) is 0 Å². The van der Waals surface area contributed by atoms with Crippen molar-refractivity contribution >= 4 is 29.9 Å². The van der Waals surface area contributed by atoms with E-state index in [4.69, 9.17) is 4.52 Å². The number of aromatic nitrogens is 2. The van der Waals surface area contributed by atoms with Crippen LogP contribution in [0.25, 0.3) is 0 Å². The van der Waals surface area contributed by atoms with Crippen LogP contribution >= 0.6 is 24.0 Å². The van der Waals surface area contributed by atoms with Gasteiger partial charge < -0.3 is 15.2 Å². The number of hydrogen-bond acceptors (Lipinski definition) is 4. The summed E-state index contributed by atoms with van der Waals surface area (Å²) >= 11 is 0. The minimum Gasteiger partial charge on any atom is -0.359 e. The first-order valence-corrected chi connectivity index (χ1v) is 8.81. The van der Waals surface area contributed by atoms with Gasteiger partial charge in [-0.15, -0.1) is 24.0 Å². The Balaban J connectivity index is 0.00000338. The van der Waals surface area contributed by atoms with E-state index in [2.05, 4.69) is 59.5 Å². The van der Waals surface area contributed by atoms with Crippen LogP contribution in [0.2, 0.25) is 0 Å². The van der Waals surface area contributed by atoms with Crippen LogP contribution < -0.4 is 10.6 Å². The van der Waals surface area contributed by atoms with Gasteiger partial charge in [0.25, 0.3) is 0 Å². The third-order valence-corrected chi connectivity index (χ3v) is 4.23. The predicted molar refractivity (Wildman–Crippen MR) is 116 cm³/mol. The van der Waals surface area contributed by atoms with Crippen molar-refractivity contribution in [2.75, 3.05) is 13.6 Å². The summed E-state index contributed by atoms with van der Waals surface area (Å²) in [5.74, 6) is 2.78. The van der Waals surface area contributed by atoms with E-state index in [-0.39, 0.29) is 24.0 Å². The van der Waals surface area contributed by atoms with E-state index in [1.807, 2.05) is 18.3 Å².